The van der Waals surface area contributed by atoms with Crippen molar-refractivity contribution >= 4 is 11.0 Å². The van der Waals surface area contributed by atoms with Crippen molar-refractivity contribution in [3.8, 4) is 0 Å². The molecule has 0 aliphatic carbocycles. The molecular formula is C13H17N3. The summed E-state index contributed by atoms with van der Waals surface area (Å²) in [4.78, 5) is 8.20. The number of aryl methyl sites for hydroxylation is 1. The molecule has 0 saturated carbocycles. The largest absolute Gasteiger partial charge is 0.342 e. The molecular weight excluding hydrogens is 198 g/mol. The summed E-state index contributed by atoms with van der Waals surface area (Å²) >= 11 is 0. The molecule has 0 spiro atoms. The smallest absolute Gasteiger partial charge is 0.111 e. The SMILES string of the molecule is Cc1cccc2[nH]c(C3CCCNC3)nc12. The zero-order valence-corrected chi connectivity index (χ0v) is 9.59. The summed E-state index contributed by atoms with van der Waals surface area (Å²) < 4.78 is 0. The molecule has 0 bridgehead atoms. The molecule has 3 nitrogen and oxygen atoms in total. The minimum absolute atomic E-state index is 0.556. The number of aromatic amines is 1. The second-order valence-electron chi connectivity index (χ2n) is 4.64. The van der Waals surface area contributed by atoms with Crippen molar-refractivity contribution < 1.29 is 0 Å². The van der Waals surface area contributed by atoms with Crippen molar-refractivity contribution in [2.24, 2.45) is 0 Å². The molecule has 1 unspecified atom stereocenters. The van der Waals surface area contributed by atoms with Gasteiger partial charge in [0.2, 0.25) is 0 Å². The number of imidazole rings is 1. The van der Waals surface area contributed by atoms with Gasteiger partial charge in [0, 0.05) is 12.5 Å². The molecule has 2 N–H and O–H groups in total. The van der Waals surface area contributed by atoms with Gasteiger partial charge in [-0.25, -0.2) is 4.98 Å². The third-order valence-corrected chi connectivity index (χ3v) is 3.42. The van der Waals surface area contributed by atoms with E-state index in [0.717, 1.165) is 24.4 Å². The van der Waals surface area contributed by atoms with Crippen molar-refractivity contribution in [1.82, 2.24) is 15.3 Å². The van der Waals surface area contributed by atoms with Crippen molar-refractivity contribution in [3.63, 3.8) is 0 Å². The predicted octanol–water partition coefficient (Wildman–Crippen LogP) is 2.34. The number of hydrogen-bond donors (Lipinski definition) is 2. The Balaban J connectivity index is 2.01. The summed E-state index contributed by atoms with van der Waals surface area (Å²) in [6.07, 6.45) is 2.49. The van der Waals surface area contributed by atoms with Gasteiger partial charge in [0.05, 0.1) is 11.0 Å². The normalized spacial score (nSPS) is 21.4. The number of para-hydroxylation sites is 1. The average molecular weight is 215 g/mol. The molecule has 3 heteroatoms. The van der Waals surface area contributed by atoms with Crippen LogP contribution in [0.2, 0.25) is 0 Å². The Morgan fingerprint density at radius 2 is 2.31 bits per heavy atom. The van der Waals surface area contributed by atoms with Crippen molar-refractivity contribution in [1.29, 1.82) is 0 Å². The fourth-order valence-corrected chi connectivity index (χ4v) is 2.47. The monoisotopic (exact) mass is 215 g/mol. The van der Waals surface area contributed by atoms with E-state index in [0.29, 0.717) is 5.92 Å². The molecule has 3 rings (SSSR count). The van der Waals surface area contributed by atoms with E-state index in [4.69, 9.17) is 4.98 Å². The van der Waals surface area contributed by atoms with Gasteiger partial charge in [0.1, 0.15) is 5.82 Å². The fourth-order valence-electron chi connectivity index (χ4n) is 2.47. The Hall–Kier alpha value is -1.35. The summed E-state index contributed by atoms with van der Waals surface area (Å²) in [6, 6.07) is 6.31. The Morgan fingerprint density at radius 3 is 3.06 bits per heavy atom. The molecule has 1 aliphatic rings. The molecule has 1 atom stereocenters. The number of rotatable bonds is 1. The van der Waals surface area contributed by atoms with Crippen LogP contribution in [0, 0.1) is 6.92 Å². The van der Waals surface area contributed by atoms with Gasteiger partial charge in [-0.15, -0.1) is 0 Å². The Bertz CT molecular complexity index is 495. The molecule has 2 aromatic rings. The lowest BCUT2D eigenvalue weighted by atomic mass is 9.99. The van der Waals surface area contributed by atoms with Crippen LogP contribution >= 0.6 is 0 Å². The van der Waals surface area contributed by atoms with Gasteiger partial charge >= 0.3 is 0 Å². The Labute approximate surface area is 95.3 Å². The van der Waals surface area contributed by atoms with Crippen LogP contribution in [0.3, 0.4) is 0 Å². The standard InChI is InChI=1S/C13H17N3/c1-9-4-2-6-11-12(9)16-13(15-11)10-5-3-7-14-8-10/h2,4,6,10,14H,3,5,7-8H2,1H3,(H,15,16). The maximum absolute atomic E-state index is 4.74. The molecule has 1 aromatic heterocycles. The van der Waals surface area contributed by atoms with Crippen LogP contribution < -0.4 is 5.32 Å². The zero-order chi connectivity index (χ0) is 11.0. The van der Waals surface area contributed by atoms with E-state index in [1.807, 2.05) is 0 Å². The molecule has 84 valence electrons. The fraction of sp³-hybridized carbons (Fsp3) is 0.462. The molecule has 2 heterocycles. The maximum atomic E-state index is 4.74. The van der Waals surface area contributed by atoms with Crippen molar-refractivity contribution in [2.75, 3.05) is 13.1 Å². The molecule has 1 saturated heterocycles. The number of hydrogen-bond acceptors (Lipinski definition) is 2. The summed E-state index contributed by atoms with van der Waals surface area (Å²) in [5, 5.41) is 3.43. The van der Waals surface area contributed by atoms with Crippen LogP contribution in [0.25, 0.3) is 11.0 Å². The minimum Gasteiger partial charge on any atom is -0.342 e. The molecule has 0 amide bonds. The van der Waals surface area contributed by atoms with Crippen LogP contribution in [0.5, 0.6) is 0 Å². The lowest BCUT2D eigenvalue weighted by Gasteiger charge is -2.20. The highest BCUT2D eigenvalue weighted by Crippen LogP contribution is 2.24. The second-order valence-corrected chi connectivity index (χ2v) is 4.64. The first kappa shape index (κ1) is 9.85. The van der Waals surface area contributed by atoms with Crippen molar-refractivity contribution in [2.45, 2.75) is 25.7 Å². The third-order valence-electron chi connectivity index (χ3n) is 3.42. The Morgan fingerprint density at radius 1 is 1.38 bits per heavy atom. The van der Waals surface area contributed by atoms with Gasteiger partial charge in [-0.3, -0.25) is 0 Å². The summed E-state index contributed by atoms with van der Waals surface area (Å²) in [5.74, 6) is 1.71. The van der Waals surface area contributed by atoms with E-state index >= 15 is 0 Å². The van der Waals surface area contributed by atoms with Gasteiger partial charge in [-0.2, -0.15) is 0 Å². The number of nitrogens with one attached hydrogen (secondary N) is 2. The van der Waals surface area contributed by atoms with Crippen LogP contribution in [-0.2, 0) is 0 Å². The van der Waals surface area contributed by atoms with Gasteiger partial charge in [-0.05, 0) is 37.9 Å². The average Bonchev–Trinajstić information content (AvgIpc) is 2.76. The maximum Gasteiger partial charge on any atom is 0.111 e. The first-order chi connectivity index (χ1) is 7.84. The van der Waals surface area contributed by atoms with Gasteiger partial charge < -0.3 is 10.3 Å². The number of piperidine rings is 1. The molecule has 16 heavy (non-hydrogen) atoms. The number of aromatic nitrogens is 2. The Kier molecular flexibility index (Phi) is 2.40. The van der Waals surface area contributed by atoms with E-state index in [-0.39, 0.29) is 0 Å². The number of H-pyrrole nitrogens is 1. The highest BCUT2D eigenvalue weighted by molar-refractivity contribution is 5.78. The van der Waals surface area contributed by atoms with Crippen LogP contribution in [0.1, 0.15) is 30.1 Å². The highest BCUT2D eigenvalue weighted by Gasteiger charge is 2.18. The van der Waals surface area contributed by atoms with E-state index < -0.39 is 0 Å². The molecule has 1 aromatic carbocycles. The van der Waals surface area contributed by atoms with Gasteiger partial charge in [-0.1, -0.05) is 12.1 Å². The molecule has 1 fully saturated rings. The van der Waals surface area contributed by atoms with Crippen molar-refractivity contribution in [3.05, 3.63) is 29.6 Å². The number of nitrogens with zero attached hydrogens (tertiary/aromatic N) is 1. The van der Waals surface area contributed by atoms with E-state index in [9.17, 15) is 0 Å². The van der Waals surface area contributed by atoms with Crippen LogP contribution in [0.4, 0.5) is 0 Å². The third kappa shape index (κ3) is 1.61. The first-order valence-corrected chi connectivity index (χ1v) is 6.00. The van der Waals surface area contributed by atoms with E-state index in [1.165, 1.54) is 23.9 Å². The number of benzene rings is 1. The topological polar surface area (TPSA) is 40.7 Å². The highest BCUT2D eigenvalue weighted by atomic mass is 15.0. The lowest BCUT2D eigenvalue weighted by Crippen LogP contribution is -2.28. The number of fused-ring (bicyclic) bond motifs is 1. The molecule has 1 aliphatic heterocycles. The second kappa shape index (κ2) is 3.91. The lowest BCUT2D eigenvalue weighted by molar-refractivity contribution is 0.449. The summed E-state index contributed by atoms with van der Waals surface area (Å²) in [6.45, 7) is 4.32. The predicted molar refractivity (Wildman–Crippen MR) is 65.7 cm³/mol. The summed E-state index contributed by atoms with van der Waals surface area (Å²) in [7, 11) is 0. The first-order valence-electron chi connectivity index (χ1n) is 6.00. The van der Waals surface area contributed by atoms with Crippen LogP contribution in [0.15, 0.2) is 18.2 Å². The quantitative estimate of drug-likeness (QED) is 0.766. The van der Waals surface area contributed by atoms with Gasteiger partial charge in [0.15, 0.2) is 0 Å². The summed E-state index contributed by atoms with van der Waals surface area (Å²) in [5.41, 5.74) is 3.55. The van der Waals surface area contributed by atoms with E-state index in [2.05, 4.69) is 35.4 Å². The van der Waals surface area contributed by atoms with Crippen LogP contribution in [-0.4, -0.2) is 23.1 Å². The minimum atomic E-state index is 0.556. The zero-order valence-electron chi connectivity index (χ0n) is 9.59. The van der Waals surface area contributed by atoms with E-state index in [1.54, 1.807) is 0 Å². The molecule has 0 radical (unpaired) electrons. The van der Waals surface area contributed by atoms with Gasteiger partial charge in [0.25, 0.3) is 0 Å².